The van der Waals surface area contributed by atoms with Gasteiger partial charge in [0.2, 0.25) is 0 Å². The van der Waals surface area contributed by atoms with Gasteiger partial charge in [-0.05, 0) is 43.1 Å². The van der Waals surface area contributed by atoms with E-state index in [0.29, 0.717) is 23.6 Å². The first-order valence-corrected chi connectivity index (χ1v) is 11.7. The second-order valence-corrected chi connectivity index (χ2v) is 9.05. The quantitative estimate of drug-likeness (QED) is 0.214. The Kier molecular flexibility index (Phi) is 12.0. The number of rotatable bonds is 9. The number of morpholine rings is 1. The van der Waals surface area contributed by atoms with Crippen LogP contribution in [0.2, 0.25) is 0 Å². The van der Waals surface area contributed by atoms with Crippen molar-refractivity contribution in [1.29, 1.82) is 0 Å². The summed E-state index contributed by atoms with van der Waals surface area (Å²) in [5, 5.41) is 6.45. The van der Waals surface area contributed by atoms with E-state index >= 15 is 0 Å². The molecule has 1 fully saturated rings. The second kappa shape index (κ2) is 13.3. The number of halogens is 2. The molecule has 1 heterocycles. The van der Waals surface area contributed by atoms with Crippen LogP contribution in [0.3, 0.4) is 0 Å². The van der Waals surface area contributed by atoms with Crippen molar-refractivity contribution < 1.29 is 17.5 Å². The normalized spacial score (nSPS) is 15.6. The Balaban J connectivity index is 0.00000420. The van der Waals surface area contributed by atoms with Crippen LogP contribution in [-0.2, 0) is 26.9 Å². The van der Waals surface area contributed by atoms with Crippen LogP contribution in [0.5, 0.6) is 0 Å². The maximum Gasteiger partial charge on any atom is 0.191 e. The van der Waals surface area contributed by atoms with Crippen molar-refractivity contribution in [3.05, 3.63) is 35.1 Å². The Morgan fingerprint density at radius 3 is 2.62 bits per heavy atom. The highest BCUT2D eigenvalue weighted by Gasteiger charge is 2.11. The Hall–Kier alpha value is -0.980. The SMILES string of the molecule is CCNC(=NCc1cc(F)ccc1CS(C)(=O)=O)NCCCN1CCOCC1.I. The van der Waals surface area contributed by atoms with E-state index in [2.05, 4.69) is 20.5 Å². The molecular formula is C19H32FIN4O3S. The maximum absolute atomic E-state index is 13.6. The van der Waals surface area contributed by atoms with Gasteiger partial charge in [0, 0.05) is 32.4 Å². The van der Waals surface area contributed by atoms with Crippen LogP contribution in [0.1, 0.15) is 24.5 Å². The van der Waals surface area contributed by atoms with Crippen molar-refractivity contribution in [3.8, 4) is 0 Å². The molecule has 2 N–H and O–H groups in total. The number of hydrogen-bond donors (Lipinski definition) is 2. The summed E-state index contributed by atoms with van der Waals surface area (Å²) in [6, 6.07) is 4.15. The van der Waals surface area contributed by atoms with Gasteiger partial charge in [0.15, 0.2) is 15.8 Å². The molecule has 0 atom stereocenters. The summed E-state index contributed by atoms with van der Waals surface area (Å²) < 4.78 is 42.2. The van der Waals surface area contributed by atoms with E-state index in [1.54, 1.807) is 0 Å². The lowest BCUT2D eigenvalue weighted by atomic mass is 10.1. The Morgan fingerprint density at radius 2 is 1.97 bits per heavy atom. The molecule has 1 aliphatic rings. The van der Waals surface area contributed by atoms with Crippen molar-refractivity contribution in [3.63, 3.8) is 0 Å². The molecule has 0 spiro atoms. The summed E-state index contributed by atoms with van der Waals surface area (Å²) in [6.07, 6.45) is 2.15. The third kappa shape index (κ3) is 10.6. The molecule has 1 aromatic carbocycles. The number of aliphatic imine (C=N–C) groups is 1. The highest BCUT2D eigenvalue weighted by molar-refractivity contribution is 14.0. The number of nitrogens with zero attached hydrogens (tertiary/aromatic N) is 2. The Morgan fingerprint density at radius 1 is 1.24 bits per heavy atom. The monoisotopic (exact) mass is 542 g/mol. The molecule has 7 nitrogen and oxygen atoms in total. The lowest BCUT2D eigenvalue weighted by molar-refractivity contribution is 0.0376. The summed E-state index contributed by atoms with van der Waals surface area (Å²) in [7, 11) is -3.21. The minimum atomic E-state index is -3.21. The van der Waals surface area contributed by atoms with Crippen LogP contribution in [0.25, 0.3) is 0 Å². The van der Waals surface area contributed by atoms with Crippen molar-refractivity contribution in [2.45, 2.75) is 25.6 Å². The molecule has 2 rings (SSSR count). The number of benzene rings is 1. The fourth-order valence-electron chi connectivity index (χ4n) is 3.01. The van der Waals surface area contributed by atoms with E-state index in [1.165, 1.54) is 24.5 Å². The molecule has 10 heteroatoms. The van der Waals surface area contributed by atoms with Crippen LogP contribution >= 0.6 is 24.0 Å². The van der Waals surface area contributed by atoms with Gasteiger partial charge in [0.1, 0.15) is 5.82 Å². The largest absolute Gasteiger partial charge is 0.379 e. The standard InChI is InChI=1S/C19H31FN4O3S.HI/c1-3-21-19(22-7-4-8-24-9-11-27-12-10-24)23-14-17-13-18(20)6-5-16(17)15-28(2,25)26;/h5-6,13H,3-4,7-12,14-15H2,1-2H3,(H2,21,22,23);1H. The van der Waals surface area contributed by atoms with Gasteiger partial charge in [-0.3, -0.25) is 4.90 Å². The molecule has 0 amide bonds. The highest BCUT2D eigenvalue weighted by Crippen LogP contribution is 2.15. The fourth-order valence-corrected chi connectivity index (χ4v) is 3.85. The van der Waals surface area contributed by atoms with Crippen LogP contribution in [0.4, 0.5) is 4.39 Å². The number of hydrogen-bond acceptors (Lipinski definition) is 5. The van der Waals surface area contributed by atoms with Gasteiger partial charge in [-0.2, -0.15) is 0 Å². The van der Waals surface area contributed by atoms with Gasteiger partial charge in [-0.1, -0.05) is 6.07 Å². The lowest BCUT2D eigenvalue weighted by Crippen LogP contribution is -2.40. The summed E-state index contributed by atoms with van der Waals surface area (Å²) in [5.74, 6) is 0.117. The van der Waals surface area contributed by atoms with Crippen LogP contribution < -0.4 is 10.6 Å². The molecule has 0 aromatic heterocycles. The van der Waals surface area contributed by atoms with E-state index < -0.39 is 15.7 Å². The van der Waals surface area contributed by atoms with Crippen molar-refractivity contribution >= 4 is 39.8 Å². The number of guanidine groups is 1. The van der Waals surface area contributed by atoms with Gasteiger partial charge in [0.05, 0.1) is 25.5 Å². The van der Waals surface area contributed by atoms with E-state index in [-0.39, 0.29) is 36.3 Å². The van der Waals surface area contributed by atoms with Crippen LogP contribution in [0, 0.1) is 5.82 Å². The topological polar surface area (TPSA) is 83.0 Å². The molecule has 29 heavy (non-hydrogen) atoms. The summed E-state index contributed by atoms with van der Waals surface area (Å²) in [6.45, 7) is 8.18. The smallest absolute Gasteiger partial charge is 0.191 e. The number of sulfone groups is 1. The molecule has 1 aromatic rings. The van der Waals surface area contributed by atoms with E-state index in [0.717, 1.165) is 45.8 Å². The van der Waals surface area contributed by atoms with Gasteiger partial charge in [-0.15, -0.1) is 24.0 Å². The molecule has 0 saturated carbocycles. The predicted octanol–water partition coefficient (Wildman–Crippen LogP) is 1.77. The minimum absolute atomic E-state index is 0. The van der Waals surface area contributed by atoms with Crippen LogP contribution in [-0.4, -0.2) is 71.5 Å². The van der Waals surface area contributed by atoms with Crippen molar-refractivity contribution in [2.24, 2.45) is 4.99 Å². The maximum atomic E-state index is 13.6. The average Bonchev–Trinajstić information content (AvgIpc) is 2.65. The van der Waals surface area contributed by atoms with E-state index in [9.17, 15) is 12.8 Å². The molecule has 0 unspecified atom stereocenters. The zero-order chi connectivity index (χ0) is 20.4. The summed E-state index contributed by atoms with van der Waals surface area (Å²) >= 11 is 0. The fraction of sp³-hybridized carbons (Fsp3) is 0.632. The minimum Gasteiger partial charge on any atom is -0.379 e. The number of nitrogens with one attached hydrogen (secondary N) is 2. The van der Waals surface area contributed by atoms with Gasteiger partial charge in [-0.25, -0.2) is 17.8 Å². The van der Waals surface area contributed by atoms with Gasteiger partial charge >= 0.3 is 0 Å². The molecule has 1 saturated heterocycles. The Labute approximate surface area is 190 Å². The molecule has 166 valence electrons. The molecule has 0 bridgehead atoms. The Bertz CT molecular complexity index is 756. The highest BCUT2D eigenvalue weighted by atomic mass is 127. The zero-order valence-electron chi connectivity index (χ0n) is 17.1. The molecule has 0 radical (unpaired) electrons. The summed E-state index contributed by atoms with van der Waals surface area (Å²) in [5.41, 5.74) is 1.16. The third-order valence-electron chi connectivity index (χ3n) is 4.39. The van der Waals surface area contributed by atoms with E-state index in [1.807, 2.05) is 6.92 Å². The van der Waals surface area contributed by atoms with Gasteiger partial charge in [0.25, 0.3) is 0 Å². The van der Waals surface area contributed by atoms with E-state index in [4.69, 9.17) is 4.74 Å². The third-order valence-corrected chi connectivity index (χ3v) is 5.22. The molecular weight excluding hydrogens is 510 g/mol. The van der Waals surface area contributed by atoms with Gasteiger partial charge < -0.3 is 15.4 Å². The van der Waals surface area contributed by atoms with Crippen molar-refractivity contribution in [1.82, 2.24) is 15.5 Å². The summed E-state index contributed by atoms with van der Waals surface area (Å²) in [4.78, 5) is 6.87. The second-order valence-electron chi connectivity index (χ2n) is 6.91. The molecule has 0 aliphatic carbocycles. The first-order chi connectivity index (χ1) is 13.4. The predicted molar refractivity (Wildman–Crippen MR) is 125 cm³/mol. The first kappa shape index (κ1) is 26.1. The average molecular weight is 542 g/mol. The lowest BCUT2D eigenvalue weighted by Gasteiger charge is -2.26. The number of ether oxygens (including phenoxy) is 1. The first-order valence-electron chi connectivity index (χ1n) is 9.64. The molecule has 1 aliphatic heterocycles. The zero-order valence-corrected chi connectivity index (χ0v) is 20.3. The van der Waals surface area contributed by atoms with Crippen molar-refractivity contribution in [2.75, 3.05) is 52.2 Å². The van der Waals surface area contributed by atoms with Crippen LogP contribution in [0.15, 0.2) is 23.2 Å².